The Morgan fingerprint density at radius 2 is 2.00 bits per heavy atom. The molecule has 2 saturated heterocycles. The molecule has 4 atom stereocenters. The summed E-state index contributed by atoms with van der Waals surface area (Å²) >= 11 is 0. The average Bonchev–Trinajstić information content (AvgIpc) is 3.04. The molecule has 0 aromatic carbocycles. The molecule has 1 N–H and O–H groups in total. The zero-order valence-corrected chi connectivity index (χ0v) is 11.7. The van der Waals surface area contributed by atoms with Crippen LogP contribution in [0.25, 0.3) is 0 Å². The number of rotatable bonds is 5. The van der Waals surface area contributed by atoms with Crippen LogP contribution in [0.4, 0.5) is 0 Å². The maximum atomic E-state index is 5.56. The minimum absolute atomic E-state index is 0.649. The highest BCUT2D eigenvalue weighted by Gasteiger charge is 2.37. The quantitative estimate of drug-likeness (QED) is 0.806. The van der Waals surface area contributed by atoms with Gasteiger partial charge < -0.3 is 15.0 Å². The number of nitrogens with one attached hydrogen (secondary N) is 1. The van der Waals surface area contributed by atoms with E-state index in [1.54, 1.807) is 0 Å². The summed E-state index contributed by atoms with van der Waals surface area (Å²) in [7, 11) is 0. The van der Waals surface area contributed by atoms with E-state index >= 15 is 0 Å². The summed E-state index contributed by atoms with van der Waals surface area (Å²) in [5.41, 5.74) is 0. The molecule has 3 aliphatic rings. The number of likely N-dealkylation sites (tertiary alicyclic amines) is 1. The van der Waals surface area contributed by atoms with Gasteiger partial charge in [-0.15, -0.1) is 0 Å². The van der Waals surface area contributed by atoms with Crippen LogP contribution in [0.5, 0.6) is 0 Å². The molecular weight excluding hydrogens is 224 g/mol. The molecule has 2 aliphatic heterocycles. The van der Waals surface area contributed by atoms with Crippen LogP contribution in [-0.4, -0.2) is 50.3 Å². The highest BCUT2D eigenvalue weighted by atomic mass is 16.5. The predicted molar refractivity (Wildman–Crippen MR) is 73.7 cm³/mol. The van der Waals surface area contributed by atoms with Gasteiger partial charge in [0.05, 0.1) is 6.61 Å². The third kappa shape index (κ3) is 2.73. The van der Waals surface area contributed by atoms with E-state index in [1.807, 2.05) is 0 Å². The predicted octanol–water partition coefficient (Wildman–Crippen LogP) is 1.73. The Morgan fingerprint density at radius 3 is 2.61 bits per heavy atom. The summed E-state index contributed by atoms with van der Waals surface area (Å²) in [5.74, 6) is 2.78. The molecule has 104 valence electrons. The van der Waals surface area contributed by atoms with E-state index in [0.29, 0.717) is 6.04 Å². The van der Waals surface area contributed by atoms with Gasteiger partial charge in [0.15, 0.2) is 0 Å². The first-order valence-corrected chi connectivity index (χ1v) is 7.90. The first-order chi connectivity index (χ1) is 8.86. The van der Waals surface area contributed by atoms with Crippen molar-refractivity contribution in [3.63, 3.8) is 0 Å². The van der Waals surface area contributed by atoms with Crippen molar-refractivity contribution >= 4 is 0 Å². The van der Waals surface area contributed by atoms with Crippen molar-refractivity contribution in [1.29, 1.82) is 0 Å². The molecule has 0 radical (unpaired) electrons. The van der Waals surface area contributed by atoms with Crippen LogP contribution in [0.2, 0.25) is 0 Å². The van der Waals surface area contributed by atoms with Crippen LogP contribution in [0.3, 0.4) is 0 Å². The highest BCUT2D eigenvalue weighted by Crippen LogP contribution is 2.37. The molecule has 0 amide bonds. The third-order valence-corrected chi connectivity index (χ3v) is 5.26. The molecule has 1 saturated carbocycles. The van der Waals surface area contributed by atoms with E-state index < -0.39 is 0 Å². The van der Waals surface area contributed by atoms with Gasteiger partial charge >= 0.3 is 0 Å². The molecule has 3 nitrogen and oxygen atoms in total. The van der Waals surface area contributed by atoms with Crippen molar-refractivity contribution in [3.05, 3.63) is 0 Å². The maximum absolute atomic E-state index is 5.56. The molecule has 1 aliphatic carbocycles. The van der Waals surface area contributed by atoms with Crippen LogP contribution >= 0.6 is 0 Å². The Hall–Kier alpha value is -0.120. The Balaban J connectivity index is 1.52. The summed E-state index contributed by atoms with van der Waals surface area (Å²) in [6.45, 7) is 9.22. The summed E-state index contributed by atoms with van der Waals surface area (Å²) in [6, 6.07) is 0.649. The molecule has 18 heavy (non-hydrogen) atoms. The lowest BCUT2D eigenvalue weighted by atomic mass is 9.98. The van der Waals surface area contributed by atoms with Crippen molar-refractivity contribution < 1.29 is 4.74 Å². The monoisotopic (exact) mass is 252 g/mol. The lowest BCUT2D eigenvalue weighted by Crippen LogP contribution is -2.45. The van der Waals surface area contributed by atoms with Gasteiger partial charge in [0.1, 0.15) is 0 Å². The Labute approximate surface area is 111 Å². The second-order valence-electron chi connectivity index (χ2n) is 6.46. The van der Waals surface area contributed by atoms with Gasteiger partial charge in [0.2, 0.25) is 0 Å². The summed E-state index contributed by atoms with van der Waals surface area (Å²) in [4.78, 5) is 2.72. The van der Waals surface area contributed by atoms with Gasteiger partial charge in [-0.2, -0.15) is 0 Å². The van der Waals surface area contributed by atoms with Crippen LogP contribution in [-0.2, 0) is 4.74 Å². The minimum Gasteiger partial charge on any atom is -0.381 e. The average molecular weight is 252 g/mol. The van der Waals surface area contributed by atoms with Gasteiger partial charge in [-0.25, -0.2) is 0 Å². The fourth-order valence-electron chi connectivity index (χ4n) is 4.27. The maximum Gasteiger partial charge on any atom is 0.0510 e. The smallest absolute Gasteiger partial charge is 0.0510 e. The number of hydrogen-bond acceptors (Lipinski definition) is 3. The second kappa shape index (κ2) is 5.89. The molecule has 3 heteroatoms. The summed E-state index contributed by atoms with van der Waals surface area (Å²) < 4.78 is 5.56. The van der Waals surface area contributed by atoms with Crippen molar-refractivity contribution in [3.8, 4) is 0 Å². The van der Waals surface area contributed by atoms with Gasteiger partial charge in [0, 0.05) is 38.2 Å². The molecule has 0 bridgehead atoms. The summed E-state index contributed by atoms with van der Waals surface area (Å²) in [5, 5.41) is 3.70. The van der Waals surface area contributed by atoms with Crippen LogP contribution < -0.4 is 5.32 Å². The lowest BCUT2D eigenvalue weighted by molar-refractivity contribution is 0.165. The van der Waals surface area contributed by atoms with E-state index in [0.717, 1.165) is 37.5 Å². The zero-order valence-electron chi connectivity index (χ0n) is 11.7. The standard InChI is InChI=1S/C15H28N2O/c1-2-16-15(14-6-7-18-11-14)10-17-8-12-4-3-5-13(12)9-17/h12-16H,2-11H2,1H3. The number of fused-ring (bicyclic) bond motifs is 1. The molecule has 3 rings (SSSR count). The molecule has 0 aromatic rings. The highest BCUT2D eigenvalue weighted by molar-refractivity contribution is 4.91. The lowest BCUT2D eigenvalue weighted by Gasteiger charge is -2.28. The van der Waals surface area contributed by atoms with E-state index in [1.165, 1.54) is 45.3 Å². The van der Waals surface area contributed by atoms with Crippen molar-refractivity contribution in [2.45, 2.75) is 38.6 Å². The number of likely N-dealkylation sites (N-methyl/N-ethyl adjacent to an activating group) is 1. The first-order valence-electron chi connectivity index (χ1n) is 7.90. The second-order valence-corrected chi connectivity index (χ2v) is 6.46. The number of hydrogen-bond donors (Lipinski definition) is 1. The van der Waals surface area contributed by atoms with Crippen LogP contribution in [0.1, 0.15) is 32.6 Å². The van der Waals surface area contributed by atoms with Crippen LogP contribution in [0.15, 0.2) is 0 Å². The largest absolute Gasteiger partial charge is 0.381 e. The molecule has 4 unspecified atom stereocenters. The van der Waals surface area contributed by atoms with E-state index in [4.69, 9.17) is 4.74 Å². The number of nitrogens with zero attached hydrogens (tertiary/aromatic N) is 1. The van der Waals surface area contributed by atoms with E-state index in [-0.39, 0.29) is 0 Å². The normalized spacial score (nSPS) is 38.2. The fourth-order valence-corrected chi connectivity index (χ4v) is 4.27. The Bertz CT molecular complexity index is 253. The minimum atomic E-state index is 0.649. The van der Waals surface area contributed by atoms with Crippen molar-refractivity contribution in [1.82, 2.24) is 10.2 Å². The zero-order chi connectivity index (χ0) is 12.4. The van der Waals surface area contributed by atoms with Gasteiger partial charge in [-0.1, -0.05) is 13.3 Å². The van der Waals surface area contributed by atoms with Crippen molar-refractivity contribution in [2.75, 3.05) is 39.4 Å². The Kier molecular flexibility index (Phi) is 4.22. The molecule has 3 fully saturated rings. The fraction of sp³-hybridized carbons (Fsp3) is 1.00. The molecule has 0 spiro atoms. The van der Waals surface area contributed by atoms with E-state index in [9.17, 15) is 0 Å². The topological polar surface area (TPSA) is 24.5 Å². The van der Waals surface area contributed by atoms with Gasteiger partial charge in [-0.05, 0) is 37.6 Å². The Morgan fingerprint density at radius 1 is 1.22 bits per heavy atom. The molecule has 2 heterocycles. The SMILES string of the molecule is CCNC(CN1CC2CCCC2C1)C1CCOC1. The molecular formula is C15H28N2O. The van der Waals surface area contributed by atoms with E-state index in [2.05, 4.69) is 17.1 Å². The first kappa shape index (κ1) is 12.9. The number of ether oxygens (including phenoxy) is 1. The van der Waals surface area contributed by atoms with Gasteiger partial charge in [0.25, 0.3) is 0 Å². The van der Waals surface area contributed by atoms with Crippen LogP contribution in [0, 0.1) is 17.8 Å². The van der Waals surface area contributed by atoms with Crippen molar-refractivity contribution in [2.24, 2.45) is 17.8 Å². The third-order valence-electron chi connectivity index (χ3n) is 5.26. The van der Waals surface area contributed by atoms with Gasteiger partial charge in [-0.3, -0.25) is 0 Å². The molecule has 0 aromatic heterocycles. The summed E-state index contributed by atoms with van der Waals surface area (Å²) in [6.07, 6.45) is 5.70.